The van der Waals surface area contributed by atoms with E-state index in [1.165, 1.54) is 24.3 Å². The standard InChI is InChI=1S/C13H10ClNO4/c1-8-5-12(15(17)18)11(14)7-13(8)19-10-4-2-3-9(16)6-10/h2-7,16H,1H3. The van der Waals surface area contributed by atoms with Crippen molar-refractivity contribution in [2.45, 2.75) is 6.92 Å². The Morgan fingerprint density at radius 2 is 2.05 bits per heavy atom. The maximum absolute atomic E-state index is 10.7. The molecule has 0 fully saturated rings. The molecular weight excluding hydrogens is 270 g/mol. The van der Waals surface area contributed by atoms with E-state index >= 15 is 0 Å². The van der Waals surface area contributed by atoms with Crippen LogP contribution in [0.4, 0.5) is 5.69 Å². The molecule has 98 valence electrons. The molecule has 0 atom stereocenters. The number of nitrogens with zero attached hydrogens (tertiary/aromatic N) is 1. The Morgan fingerprint density at radius 3 is 2.68 bits per heavy atom. The van der Waals surface area contributed by atoms with E-state index in [-0.39, 0.29) is 16.5 Å². The van der Waals surface area contributed by atoms with Gasteiger partial charge < -0.3 is 9.84 Å². The number of benzene rings is 2. The lowest BCUT2D eigenvalue weighted by Gasteiger charge is -2.09. The van der Waals surface area contributed by atoms with Crippen LogP contribution in [0.5, 0.6) is 17.2 Å². The number of ether oxygens (including phenoxy) is 1. The number of hydrogen-bond acceptors (Lipinski definition) is 4. The molecule has 19 heavy (non-hydrogen) atoms. The summed E-state index contributed by atoms with van der Waals surface area (Å²) in [5.41, 5.74) is 0.418. The fourth-order valence-corrected chi connectivity index (χ4v) is 1.79. The van der Waals surface area contributed by atoms with Crippen molar-refractivity contribution < 1.29 is 14.8 Å². The second-order valence-electron chi connectivity index (χ2n) is 3.93. The van der Waals surface area contributed by atoms with Crippen LogP contribution >= 0.6 is 11.6 Å². The van der Waals surface area contributed by atoms with Crippen molar-refractivity contribution in [1.29, 1.82) is 0 Å². The van der Waals surface area contributed by atoms with E-state index < -0.39 is 4.92 Å². The molecule has 2 aromatic rings. The van der Waals surface area contributed by atoms with E-state index in [4.69, 9.17) is 16.3 Å². The summed E-state index contributed by atoms with van der Waals surface area (Å²) < 4.78 is 5.54. The molecule has 0 bridgehead atoms. The summed E-state index contributed by atoms with van der Waals surface area (Å²) in [6, 6.07) is 8.98. The number of nitro benzene ring substituents is 1. The monoisotopic (exact) mass is 279 g/mol. The van der Waals surface area contributed by atoms with Crippen LogP contribution in [0.15, 0.2) is 36.4 Å². The molecule has 0 heterocycles. The van der Waals surface area contributed by atoms with Gasteiger partial charge in [-0.1, -0.05) is 17.7 Å². The Morgan fingerprint density at radius 1 is 1.32 bits per heavy atom. The number of phenols is 1. The van der Waals surface area contributed by atoms with E-state index in [1.54, 1.807) is 19.1 Å². The number of aromatic hydroxyl groups is 1. The number of halogens is 1. The zero-order valence-electron chi connectivity index (χ0n) is 9.96. The highest BCUT2D eigenvalue weighted by Crippen LogP contribution is 2.34. The summed E-state index contributed by atoms with van der Waals surface area (Å²) >= 11 is 5.82. The lowest BCUT2D eigenvalue weighted by atomic mass is 10.2. The maximum Gasteiger partial charge on any atom is 0.288 e. The van der Waals surface area contributed by atoms with Crippen LogP contribution in [0.3, 0.4) is 0 Å². The summed E-state index contributed by atoms with van der Waals surface area (Å²) in [5, 5.41) is 20.1. The second-order valence-corrected chi connectivity index (χ2v) is 4.33. The van der Waals surface area contributed by atoms with Gasteiger partial charge in [0.2, 0.25) is 0 Å². The number of phenolic OH excluding ortho intramolecular Hbond substituents is 1. The molecule has 0 saturated heterocycles. The maximum atomic E-state index is 10.7. The lowest BCUT2D eigenvalue weighted by molar-refractivity contribution is -0.384. The van der Waals surface area contributed by atoms with Gasteiger partial charge in [0.05, 0.1) is 4.92 Å². The Hall–Kier alpha value is -2.27. The molecule has 0 aliphatic heterocycles. The van der Waals surface area contributed by atoms with Gasteiger partial charge in [-0.25, -0.2) is 0 Å². The van der Waals surface area contributed by atoms with Gasteiger partial charge in [0.15, 0.2) is 0 Å². The van der Waals surface area contributed by atoms with Crippen LogP contribution in [0.25, 0.3) is 0 Å². The molecule has 1 N–H and O–H groups in total. The number of hydrogen-bond donors (Lipinski definition) is 1. The fraction of sp³-hybridized carbons (Fsp3) is 0.0769. The molecule has 5 nitrogen and oxygen atoms in total. The Kier molecular flexibility index (Phi) is 3.57. The molecule has 6 heteroatoms. The van der Waals surface area contributed by atoms with E-state index in [0.29, 0.717) is 17.1 Å². The average molecular weight is 280 g/mol. The molecule has 2 aromatic carbocycles. The highest BCUT2D eigenvalue weighted by molar-refractivity contribution is 6.32. The van der Waals surface area contributed by atoms with Gasteiger partial charge in [0.25, 0.3) is 5.69 Å². The lowest BCUT2D eigenvalue weighted by Crippen LogP contribution is -1.93. The third kappa shape index (κ3) is 2.95. The van der Waals surface area contributed by atoms with Crippen LogP contribution in [-0.2, 0) is 0 Å². The summed E-state index contributed by atoms with van der Waals surface area (Å²) in [7, 11) is 0. The van der Waals surface area contributed by atoms with Crippen LogP contribution in [0.1, 0.15) is 5.56 Å². The van der Waals surface area contributed by atoms with Crippen molar-refractivity contribution in [3.63, 3.8) is 0 Å². The summed E-state index contributed by atoms with van der Waals surface area (Å²) in [6.45, 7) is 1.68. The zero-order valence-corrected chi connectivity index (χ0v) is 10.7. The number of nitro groups is 1. The predicted octanol–water partition coefficient (Wildman–Crippen LogP) is 4.05. The molecule has 0 radical (unpaired) electrons. The van der Waals surface area contributed by atoms with E-state index in [1.807, 2.05) is 0 Å². The third-order valence-electron chi connectivity index (χ3n) is 2.49. The molecule has 0 unspecified atom stereocenters. The molecule has 0 aromatic heterocycles. The van der Waals surface area contributed by atoms with Gasteiger partial charge in [-0.15, -0.1) is 0 Å². The molecule has 2 rings (SSSR count). The van der Waals surface area contributed by atoms with Crippen LogP contribution < -0.4 is 4.74 Å². The Balaban J connectivity index is 2.36. The smallest absolute Gasteiger partial charge is 0.288 e. The summed E-state index contributed by atoms with van der Waals surface area (Å²) in [5.74, 6) is 0.900. The van der Waals surface area contributed by atoms with Crippen molar-refractivity contribution in [2.24, 2.45) is 0 Å². The van der Waals surface area contributed by atoms with E-state index in [0.717, 1.165) is 0 Å². The van der Waals surface area contributed by atoms with Crippen LogP contribution in [0.2, 0.25) is 5.02 Å². The molecule has 0 aliphatic rings. The van der Waals surface area contributed by atoms with Crippen molar-refractivity contribution in [1.82, 2.24) is 0 Å². The van der Waals surface area contributed by atoms with Crippen molar-refractivity contribution in [3.8, 4) is 17.2 Å². The Bertz CT molecular complexity index is 643. The first-order valence-electron chi connectivity index (χ1n) is 5.39. The molecule has 0 aliphatic carbocycles. The SMILES string of the molecule is Cc1cc([N+](=O)[O-])c(Cl)cc1Oc1cccc(O)c1. The summed E-state index contributed by atoms with van der Waals surface area (Å²) in [6.07, 6.45) is 0. The van der Waals surface area contributed by atoms with Crippen molar-refractivity contribution in [3.05, 3.63) is 57.1 Å². The fourth-order valence-electron chi connectivity index (χ4n) is 1.57. The second kappa shape index (κ2) is 5.16. The zero-order chi connectivity index (χ0) is 14.0. The predicted molar refractivity (Wildman–Crippen MR) is 71.0 cm³/mol. The average Bonchev–Trinajstić information content (AvgIpc) is 2.33. The first-order valence-corrected chi connectivity index (χ1v) is 5.76. The summed E-state index contributed by atoms with van der Waals surface area (Å²) in [4.78, 5) is 10.2. The number of rotatable bonds is 3. The van der Waals surface area contributed by atoms with E-state index in [2.05, 4.69) is 0 Å². The van der Waals surface area contributed by atoms with Gasteiger partial charge in [0, 0.05) is 18.2 Å². The largest absolute Gasteiger partial charge is 0.508 e. The third-order valence-corrected chi connectivity index (χ3v) is 2.79. The molecular formula is C13H10ClNO4. The van der Waals surface area contributed by atoms with Gasteiger partial charge in [-0.05, 0) is 24.6 Å². The topological polar surface area (TPSA) is 72.6 Å². The quantitative estimate of drug-likeness (QED) is 0.679. The minimum absolute atomic E-state index is 0.00533. The van der Waals surface area contributed by atoms with Gasteiger partial charge >= 0.3 is 0 Å². The Labute approximate surface area is 114 Å². The molecule has 0 spiro atoms. The highest BCUT2D eigenvalue weighted by Gasteiger charge is 2.16. The van der Waals surface area contributed by atoms with Crippen molar-refractivity contribution in [2.75, 3.05) is 0 Å². The van der Waals surface area contributed by atoms with Crippen LogP contribution in [0, 0.1) is 17.0 Å². The highest BCUT2D eigenvalue weighted by atomic mass is 35.5. The van der Waals surface area contributed by atoms with E-state index in [9.17, 15) is 15.2 Å². The molecule has 0 amide bonds. The number of aryl methyl sites for hydroxylation is 1. The normalized spacial score (nSPS) is 10.2. The van der Waals surface area contributed by atoms with Gasteiger partial charge in [-0.3, -0.25) is 10.1 Å². The minimum atomic E-state index is -0.548. The molecule has 0 saturated carbocycles. The van der Waals surface area contributed by atoms with Crippen LogP contribution in [-0.4, -0.2) is 10.0 Å². The van der Waals surface area contributed by atoms with Gasteiger partial charge in [0.1, 0.15) is 22.3 Å². The minimum Gasteiger partial charge on any atom is -0.508 e. The first-order chi connectivity index (χ1) is 8.97. The van der Waals surface area contributed by atoms with Gasteiger partial charge in [-0.2, -0.15) is 0 Å². The first kappa shape index (κ1) is 13.2. The van der Waals surface area contributed by atoms with Crippen molar-refractivity contribution >= 4 is 17.3 Å².